The second kappa shape index (κ2) is 6.71. The molecule has 2 N–H and O–H groups in total. The SMILES string of the molecule is CCOC(=O)C(N)(CN(CC(C)C)C(C)C)C1CC1. The van der Waals surface area contributed by atoms with Crippen molar-refractivity contribution in [3.8, 4) is 0 Å². The highest BCUT2D eigenvalue weighted by Crippen LogP contribution is 2.39. The van der Waals surface area contributed by atoms with E-state index in [4.69, 9.17) is 10.5 Å². The average Bonchev–Trinajstić information content (AvgIpc) is 3.11. The first-order valence-corrected chi connectivity index (χ1v) is 7.51. The molecule has 4 heteroatoms. The molecule has 0 amide bonds. The summed E-state index contributed by atoms with van der Waals surface area (Å²) in [6, 6.07) is 0.388. The first kappa shape index (κ1) is 16.4. The van der Waals surface area contributed by atoms with Crippen LogP contribution < -0.4 is 5.73 Å². The lowest BCUT2D eigenvalue weighted by atomic mass is 9.92. The van der Waals surface area contributed by atoms with E-state index in [1.54, 1.807) is 0 Å². The maximum Gasteiger partial charge on any atom is 0.327 e. The molecule has 1 atom stereocenters. The number of carbonyl (C=O) groups excluding carboxylic acids is 1. The fourth-order valence-electron chi connectivity index (χ4n) is 2.49. The molecule has 0 spiro atoms. The van der Waals surface area contributed by atoms with Gasteiger partial charge in [-0.1, -0.05) is 13.8 Å². The third-order valence-electron chi connectivity index (χ3n) is 3.76. The normalized spacial score (nSPS) is 19.0. The summed E-state index contributed by atoms with van der Waals surface area (Å²) in [5.41, 5.74) is 5.61. The van der Waals surface area contributed by atoms with Gasteiger partial charge < -0.3 is 10.5 Å². The molecule has 1 unspecified atom stereocenters. The number of esters is 1. The lowest BCUT2D eigenvalue weighted by Gasteiger charge is -2.36. The summed E-state index contributed by atoms with van der Waals surface area (Å²) >= 11 is 0. The van der Waals surface area contributed by atoms with Crippen molar-refractivity contribution >= 4 is 5.97 Å². The van der Waals surface area contributed by atoms with E-state index in [9.17, 15) is 4.79 Å². The molecule has 1 rings (SSSR count). The first-order valence-electron chi connectivity index (χ1n) is 7.51. The summed E-state index contributed by atoms with van der Waals surface area (Å²) in [6.45, 7) is 12.5. The van der Waals surface area contributed by atoms with Gasteiger partial charge in [-0.2, -0.15) is 0 Å². The van der Waals surface area contributed by atoms with E-state index in [1.165, 1.54) is 0 Å². The van der Waals surface area contributed by atoms with Gasteiger partial charge in [-0.3, -0.25) is 4.90 Å². The minimum absolute atomic E-state index is 0.230. The van der Waals surface area contributed by atoms with Crippen molar-refractivity contribution < 1.29 is 9.53 Å². The van der Waals surface area contributed by atoms with Gasteiger partial charge >= 0.3 is 5.97 Å². The van der Waals surface area contributed by atoms with E-state index in [0.29, 0.717) is 31.0 Å². The topological polar surface area (TPSA) is 55.6 Å². The molecule has 0 heterocycles. The lowest BCUT2D eigenvalue weighted by molar-refractivity contribution is -0.151. The molecule has 1 aliphatic carbocycles. The number of hydrogen-bond donors (Lipinski definition) is 1. The van der Waals surface area contributed by atoms with Crippen molar-refractivity contribution in [1.82, 2.24) is 4.90 Å². The van der Waals surface area contributed by atoms with Gasteiger partial charge in [0.05, 0.1) is 6.61 Å². The Kier molecular flexibility index (Phi) is 5.81. The Hall–Kier alpha value is -0.610. The van der Waals surface area contributed by atoms with Gasteiger partial charge in [0.25, 0.3) is 0 Å². The molecule has 0 saturated heterocycles. The maximum atomic E-state index is 12.2. The number of hydrogen-bond acceptors (Lipinski definition) is 4. The van der Waals surface area contributed by atoms with Crippen LogP contribution in [-0.2, 0) is 9.53 Å². The van der Waals surface area contributed by atoms with Crippen LogP contribution in [-0.4, -0.2) is 42.1 Å². The molecule has 0 bridgehead atoms. The Morgan fingerprint density at radius 1 is 1.37 bits per heavy atom. The minimum Gasteiger partial charge on any atom is -0.465 e. The predicted octanol–water partition coefficient (Wildman–Crippen LogP) is 2.02. The Bertz CT molecular complexity index is 301. The number of rotatable bonds is 8. The van der Waals surface area contributed by atoms with Gasteiger partial charge in [-0.05, 0) is 45.4 Å². The van der Waals surface area contributed by atoms with Crippen LogP contribution >= 0.6 is 0 Å². The van der Waals surface area contributed by atoms with Crippen molar-refractivity contribution in [3.63, 3.8) is 0 Å². The van der Waals surface area contributed by atoms with E-state index in [0.717, 1.165) is 19.4 Å². The standard InChI is InChI=1S/C15H30N2O2/c1-6-19-14(18)15(16,13-7-8-13)10-17(12(4)5)9-11(2)3/h11-13H,6-10,16H2,1-5H3. The highest BCUT2D eigenvalue weighted by atomic mass is 16.5. The van der Waals surface area contributed by atoms with Crippen molar-refractivity contribution in [2.24, 2.45) is 17.6 Å². The smallest absolute Gasteiger partial charge is 0.327 e. The predicted molar refractivity (Wildman–Crippen MR) is 77.8 cm³/mol. The van der Waals surface area contributed by atoms with E-state index < -0.39 is 5.54 Å². The van der Waals surface area contributed by atoms with E-state index in [1.807, 2.05) is 6.92 Å². The van der Waals surface area contributed by atoms with E-state index >= 15 is 0 Å². The molecule has 0 aromatic carbocycles. The monoisotopic (exact) mass is 270 g/mol. The molecule has 0 aromatic heterocycles. The zero-order chi connectivity index (χ0) is 14.6. The molecule has 1 saturated carbocycles. The molecule has 19 heavy (non-hydrogen) atoms. The van der Waals surface area contributed by atoms with Crippen molar-refractivity contribution in [2.75, 3.05) is 19.7 Å². The summed E-state index contributed by atoms with van der Waals surface area (Å²) in [5.74, 6) is 0.625. The van der Waals surface area contributed by atoms with Gasteiger partial charge in [0.15, 0.2) is 0 Å². The van der Waals surface area contributed by atoms with Crippen LogP contribution in [0.2, 0.25) is 0 Å². The van der Waals surface area contributed by atoms with Crippen LogP contribution in [0.1, 0.15) is 47.5 Å². The zero-order valence-electron chi connectivity index (χ0n) is 13.1. The minimum atomic E-state index is -0.824. The first-order chi connectivity index (χ1) is 8.81. The Balaban J connectivity index is 2.77. The molecule has 4 nitrogen and oxygen atoms in total. The molecule has 0 radical (unpaired) electrons. The van der Waals surface area contributed by atoms with Crippen LogP contribution in [0.15, 0.2) is 0 Å². The van der Waals surface area contributed by atoms with Gasteiger partial charge in [-0.25, -0.2) is 4.79 Å². The molecule has 1 fully saturated rings. The molecule has 0 aromatic rings. The van der Waals surface area contributed by atoms with Crippen LogP contribution in [0.5, 0.6) is 0 Å². The van der Waals surface area contributed by atoms with Crippen LogP contribution in [0.25, 0.3) is 0 Å². The number of nitrogens with zero attached hydrogens (tertiary/aromatic N) is 1. The molecular formula is C15H30N2O2. The molecule has 112 valence electrons. The second-order valence-electron chi connectivity index (χ2n) is 6.45. The van der Waals surface area contributed by atoms with Gasteiger partial charge in [0.1, 0.15) is 5.54 Å². The average molecular weight is 270 g/mol. The van der Waals surface area contributed by atoms with Crippen LogP contribution in [0, 0.1) is 11.8 Å². The van der Waals surface area contributed by atoms with Crippen molar-refractivity contribution in [1.29, 1.82) is 0 Å². The van der Waals surface area contributed by atoms with Crippen molar-refractivity contribution in [3.05, 3.63) is 0 Å². The van der Waals surface area contributed by atoms with Gasteiger partial charge in [0, 0.05) is 19.1 Å². The highest BCUT2D eigenvalue weighted by molar-refractivity contribution is 5.82. The second-order valence-corrected chi connectivity index (χ2v) is 6.45. The fourth-order valence-corrected chi connectivity index (χ4v) is 2.49. The molecule has 1 aliphatic rings. The third-order valence-corrected chi connectivity index (χ3v) is 3.76. The Labute approximate surface area is 117 Å². The summed E-state index contributed by atoms with van der Waals surface area (Å²) in [4.78, 5) is 14.5. The van der Waals surface area contributed by atoms with Gasteiger partial charge in [-0.15, -0.1) is 0 Å². The van der Waals surface area contributed by atoms with Crippen LogP contribution in [0.4, 0.5) is 0 Å². The van der Waals surface area contributed by atoms with Gasteiger partial charge in [0.2, 0.25) is 0 Å². The molecule has 0 aliphatic heterocycles. The summed E-state index contributed by atoms with van der Waals surface area (Å²) in [7, 11) is 0. The number of carbonyl (C=O) groups is 1. The Morgan fingerprint density at radius 2 is 1.95 bits per heavy atom. The van der Waals surface area contributed by atoms with Crippen LogP contribution in [0.3, 0.4) is 0 Å². The largest absolute Gasteiger partial charge is 0.465 e. The third kappa shape index (κ3) is 4.46. The van der Waals surface area contributed by atoms with E-state index in [2.05, 4.69) is 32.6 Å². The summed E-state index contributed by atoms with van der Waals surface area (Å²) in [5, 5.41) is 0. The highest BCUT2D eigenvalue weighted by Gasteiger charge is 2.50. The molecular weight excluding hydrogens is 240 g/mol. The van der Waals surface area contributed by atoms with E-state index in [-0.39, 0.29) is 5.97 Å². The fraction of sp³-hybridized carbons (Fsp3) is 0.933. The number of ether oxygens (including phenoxy) is 1. The van der Waals surface area contributed by atoms with Crippen molar-refractivity contribution in [2.45, 2.75) is 59.0 Å². The quantitative estimate of drug-likeness (QED) is 0.686. The Morgan fingerprint density at radius 3 is 2.32 bits per heavy atom. The summed E-state index contributed by atoms with van der Waals surface area (Å²) in [6.07, 6.45) is 2.09. The maximum absolute atomic E-state index is 12.2. The zero-order valence-corrected chi connectivity index (χ0v) is 13.1. The summed E-state index contributed by atoms with van der Waals surface area (Å²) < 4.78 is 5.20. The number of nitrogens with two attached hydrogens (primary N) is 1. The lowest BCUT2D eigenvalue weighted by Crippen LogP contribution is -2.60.